The Morgan fingerprint density at radius 2 is 1.77 bits per heavy atom. The van der Waals surface area contributed by atoms with Crippen LogP contribution in [0.4, 0.5) is 11.4 Å². The number of anilines is 1. The summed E-state index contributed by atoms with van der Waals surface area (Å²) >= 11 is 0. The average Bonchev–Trinajstić information content (AvgIpc) is 2.98. The standard InChI is InChI=1S/C20H18N4O7/c1-2-21-17(26)11-31-13-8-6-12(7-9-13)22-16(25)10-23-19(27)14-4-3-5-15(24(29)30)18(14)20(23)28/h3-9H,2,10-11H2,1H3,(H,21,26)(H,22,25). The third-order valence-corrected chi connectivity index (χ3v) is 4.36. The molecule has 1 aliphatic heterocycles. The third kappa shape index (κ3) is 4.66. The van der Waals surface area contributed by atoms with E-state index in [0.717, 1.165) is 6.07 Å². The molecule has 1 aliphatic rings. The van der Waals surface area contributed by atoms with Crippen molar-refractivity contribution >= 4 is 35.0 Å². The van der Waals surface area contributed by atoms with Gasteiger partial charge in [0.15, 0.2) is 6.61 Å². The van der Waals surface area contributed by atoms with Crippen molar-refractivity contribution in [3.05, 3.63) is 63.7 Å². The molecule has 0 aliphatic carbocycles. The van der Waals surface area contributed by atoms with Crippen molar-refractivity contribution in [1.29, 1.82) is 0 Å². The number of carbonyl (C=O) groups is 4. The monoisotopic (exact) mass is 426 g/mol. The molecule has 0 spiro atoms. The van der Waals surface area contributed by atoms with Gasteiger partial charge in [0.2, 0.25) is 5.91 Å². The molecule has 0 bridgehead atoms. The largest absolute Gasteiger partial charge is 0.484 e. The smallest absolute Gasteiger partial charge is 0.282 e. The lowest BCUT2D eigenvalue weighted by Crippen LogP contribution is -2.37. The Morgan fingerprint density at radius 3 is 2.42 bits per heavy atom. The number of fused-ring (bicyclic) bond motifs is 1. The summed E-state index contributed by atoms with van der Waals surface area (Å²) in [5, 5.41) is 16.3. The number of rotatable bonds is 8. The second-order valence-corrected chi connectivity index (χ2v) is 6.47. The maximum absolute atomic E-state index is 12.5. The summed E-state index contributed by atoms with van der Waals surface area (Å²) in [6, 6.07) is 9.88. The number of amides is 4. The van der Waals surface area contributed by atoms with Crippen LogP contribution in [0.5, 0.6) is 5.75 Å². The first-order valence-corrected chi connectivity index (χ1v) is 9.24. The number of likely N-dealkylation sites (N-methyl/N-ethyl adjacent to an activating group) is 1. The molecule has 0 saturated heterocycles. The SMILES string of the molecule is CCNC(=O)COc1ccc(NC(=O)CN2C(=O)c3cccc([N+](=O)[O-])c3C2=O)cc1. The molecule has 0 atom stereocenters. The number of nitro groups is 1. The lowest BCUT2D eigenvalue weighted by Gasteiger charge is -2.14. The average molecular weight is 426 g/mol. The fourth-order valence-corrected chi connectivity index (χ4v) is 2.99. The molecule has 2 aromatic carbocycles. The van der Waals surface area contributed by atoms with Crippen LogP contribution in [0.15, 0.2) is 42.5 Å². The zero-order valence-electron chi connectivity index (χ0n) is 16.4. The first-order chi connectivity index (χ1) is 14.8. The molecule has 0 saturated carbocycles. The van der Waals surface area contributed by atoms with Crippen LogP contribution in [0.25, 0.3) is 0 Å². The molecule has 11 heteroatoms. The topological polar surface area (TPSA) is 148 Å². The van der Waals surface area contributed by atoms with Crippen LogP contribution in [0.2, 0.25) is 0 Å². The van der Waals surface area contributed by atoms with E-state index in [1.165, 1.54) is 24.3 Å². The van der Waals surface area contributed by atoms with Crippen LogP contribution in [0.1, 0.15) is 27.6 Å². The van der Waals surface area contributed by atoms with Crippen molar-refractivity contribution in [2.45, 2.75) is 6.92 Å². The quantitative estimate of drug-likeness (QED) is 0.368. The van der Waals surface area contributed by atoms with Gasteiger partial charge in [-0.05, 0) is 37.3 Å². The van der Waals surface area contributed by atoms with E-state index in [1.54, 1.807) is 19.1 Å². The molecule has 0 aromatic heterocycles. The fraction of sp³-hybridized carbons (Fsp3) is 0.200. The van der Waals surface area contributed by atoms with E-state index >= 15 is 0 Å². The van der Waals surface area contributed by atoms with Gasteiger partial charge < -0.3 is 15.4 Å². The van der Waals surface area contributed by atoms with Crippen LogP contribution in [0.3, 0.4) is 0 Å². The Labute approximate surface area is 176 Å². The zero-order valence-corrected chi connectivity index (χ0v) is 16.4. The summed E-state index contributed by atoms with van der Waals surface area (Å²) in [5.41, 5.74) is -0.542. The van der Waals surface area contributed by atoms with E-state index in [9.17, 15) is 29.3 Å². The Hall–Kier alpha value is -4.28. The summed E-state index contributed by atoms with van der Waals surface area (Å²) in [6.07, 6.45) is 0. The van der Waals surface area contributed by atoms with Crippen LogP contribution < -0.4 is 15.4 Å². The number of carbonyl (C=O) groups excluding carboxylic acids is 4. The van der Waals surface area contributed by atoms with Gasteiger partial charge in [-0.25, -0.2) is 0 Å². The van der Waals surface area contributed by atoms with Gasteiger partial charge in [-0.2, -0.15) is 0 Å². The van der Waals surface area contributed by atoms with E-state index in [4.69, 9.17) is 4.74 Å². The summed E-state index contributed by atoms with van der Waals surface area (Å²) in [5.74, 6) is -2.17. The number of hydrogen-bond acceptors (Lipinski definition) is 7. The van der Waals surface area contributed by atoms with Crippen molar-refractivity contribution in [3.8, 4) is 5.75 Å². The van der Waals surface area contributed by atoms with Gasteiger partial charge in [0.1, 0.15) is 17.9 Å². The molecular weight excluding hydrogens is 408 g/mol. The first kappa shape index (κ1) is 21.4. The molecule has 2 aromatic rings. The predicted molar refractivity (Wildman–Crippen MR) is 108 cm³/mol. The predicted octanol–water partition coefficient (Wildman–Crippen LogP) is 1.34. The molecule has 160 valence electrons. The number of ether oxygens (including phenoxy) is 1. The maximum Gasteiger partial charge on any atom is 0.282 e. The number of benzene rings is 2. The first-order valence-electron chi connectivity index (χ1n) is 9.24. The minimum atomic E-state index is -0.892. The molecule has 0 radical (unpaired) electrons. The molecule has 4 amide bonds. The summed E-state index contributed by atoms with van der Waals surface area (Å²) in [4.78, 5) is 59.7. The van der Waals surface area contributed by atoms with Crippen molar-refractivity contribution in [1.82, 2.24) is 10.2 Å². The fourth-order valence-electron chi connectivity index (χ4n) is 2.99. The van der Waals surface area contributed by atoms with Gasteiger partial charge >= 0.3 is 0 Å². The summed E-state index contributed by atoms with van der Waals surface area (Å²) in [6.45, 7) is 1.54. The minimum Gasteiger partial charge on any atom is -0.484 e. The van der Waals surface area contributed by atoms with Crippen molar-refractivity contribution < 1.29 is 28.8 Å². The van der Waals surface area contributed by atoms with E-state index in [0.29, 0.717) is 22.9 Å². The van der Waals surface area contributed by atoms with Gasteiger partial charge in [-0.1, -0.05) is 6.07 Å². The molecule has 1 heterocycles. The minimum absolute atomic E-state index is 0.111. The van der Waals surface area contributed by atoms with Gasteiger partial charge in [0, 0.05) is 18.3 Å². The van der Waals surface area contributed by atoms with Gasteiger partial charge in [0.05, 0.1) is 10.5 Å². The molecule has 2 N–H and O–H groups in total. The lowest BCUT2D eigenvalue weighted by atomic mass is 10.1. The number of nitrogens with one attached hydrogen (secondary N) is 2. The Morgan fingerprint density at radius 1 is 1.06 bits per heavy atom. The van der Waals surface area contributed by atoms with E-state index in [-0.39, 0.29) is 23.6 Å². The van der Waals surface area contributed by atoms with Crippen molar-refractivity contribution in [2.75, 3.05) is 25.0 Å². The maximum atomic E-state index is 12.5. The number of nitro benzene ring substituents is 1. The van der Waals surface area contributed by atoms with E-state index in [2.05, 4.69) is 10.6 Å². The molecule has 11 nitrogen and oxygen atoms in total. The van der Waals surface area contributed by atoms with Crippen LogP contribution in [-0.2, 0) is 9.59 Å². The Bertz CT molecular complexity index is 1070. The lowest BCUT2D eigenvalue weighted by molar-refractivity contribution is -0.385. The molecule has 3 rings (SSSR count). The number of hydrogen-bond donors (Lipinski definition) is 2. The van der Waals surface area contributed by atoms with Crippen LogP contribution in [0, 0.1) is 10.1 Å². The Kier molecular flexibility index (Phi) is 6.24. The van der Waals surface area contributed by atoms with Crippen molar-refractivity contribution in [3.63, 3.8) is 0 Å². The zero-order chi connectivity index (χ0) is 22.5. The molecule has 31 heavy (non-hydrogen) atoms. The second kappa shape index (κ2) is 9.03. The highest BCUT2D eigenvalue weighted by Crippen LogP contribution is 2.30. The summed E-state index contributed by atoms with van der Waals surface area (Å²) < 4.78 is 5.31. The molecule has 0 fully saturated rings. The highest BCUT2D eigenvalue weighted by Gasteiger charge is 2.41. The van der Waals surface area contributed by atoms with E-state index < -0.39 is 34.9 Å². The third-order valence-electron chi connectivity index (χ3n) is 4.36. The number of nitrogens with zero attached hydrogens (tertiary/aromatic N) is 2. The highest BCUT2D eigenvalue weighted by atomic mass is 16.6. The summed E-state index contributed by atoms with van der Waals surface area (Å²) in [7, 11) is 0. The van der Waals surface area contributed by atoms with Gasteiger partial charge in [-0.15, -0.1) is 0 Å². The second-order valence-electron chi connectivity index (χ2n) is 6.47. The number of imide groups is 1. The van der Waals surface area contributed by atoms with Crippen LogP contribution in [-0.4, -0.2) is 53.1 Å². The highest BCUT2D eigenvalue weighted by molar-refractivity contribution is 6.24. The normalized spacial score (nSPS) is 12.4. The van der Waals surface area contributed by atoms with E-state index in [1.807, 2.05) is 0 Å². The van der Waals surface area contributed by atoms with Crippen molar-refractivity contribution in [2.24, 2.45) is 0 Å². The molecular formula is C20H18N4O7. The van der Waals surface area contributed by atoms with Gasteiger partial charge in [-0.3, -0.25) is 34.2 Å². The molecule has 0 unspecified atom stereocenters. The van der Waals surface area contributed by atoms with Gasteiger partial charge in [0.25, 0.3) is 23.4 Å². The Balaban J connectivity index is 1.62. The van der Waals surface area contributed by atoms with Crippen LogP contribution >= 0.6 is 0 Å².